The van der Waals surface area contributed by atoms with E-state index in [1.54, 1.807) is 14.2 Å². The Morgan fingerprint density at radius 2 is 0.929 bits per heavy atom. The summed E-state index contributed by atoms with van der Waals surface area (Å²) in [6.07, 6.45) is 9.94. The third-order valence-electron chi connectivity index (χ3n) is 7.11. The highest BCUT2D eigenvalue weighted by Crippen LogP contribution is 2.45. The molecular formula is C36H26O4S2. The second-order valence-corrected chi connectivity index (χ2v) is 11.9. The zero-order valence-electron chi connectivity index (χ0n) is 23.0. The van der Waals surface area contributed by atoms with E-state index < -0.39 is 0 Å². The number of carbonyl (C=O) groups is 2. The zero-order chi connectivity index (χ0) is 29.1. The first-order chi connectivity index (χ1) is 20.6. The molecule has 0 atom stereocenters. The van der Waals surface area contributed by atoms with Gasteiger partial charge in [-0.1, -0.05) is 48.6 Å². The van der Waals surface area contributed by atoms with E-state index in [0.717, 1.165) is 77.6 Å². The average molecular weight is 587 g/mol. The first-order valence-corrected chi connectivity index (χ1v) is 14.9. The van der Waals surface area contributed by atoms with E-state index in [0.29, 0.717) is 9.75 Å². The Bertz CT molecular complexity index is 1860. The fourth-order valence-electron chi connectivity index (χ4n) is 5.12. The minimum absolute atomic E-state index is 0.716. The molecule has 4 nitrogen and oxygen atoms in total. The van der Waals surface area contributed by atoms with Crippen molar-refractivity contribution in [2.24, 2.45) is 0 Å². The van der Waals surface area contributed by atoms with Crippen LogP contribution in [0.1, 0.15) is 40.2 Å². The maximum atomic E-state index is 11.0. The summed E-state index contributed by atoms with van der Waals surface area (Å²) in [5.74, 6) is 1.54. The Morgan fingerprint density at radius 3 is 1.31 bits per heavy atom. The van der Waals surface area contributed by atoms with Crippen LogP contribution >= 0.6 is 22.7 Å². The Balaban J connectivity index is 1.44. The molecule has 0 unspecified atom stereocenters. The highest BCUT2D eigenvalue weighted by atomic mass is 32.1. The Kier molecular flexibility index (Phi) is 7.82. The van der Waals surface area contributed by atoms with E-state index in [-0.39, 0.29) is 0 Å². The lowest BCUT2D eigenvalue weighted by Crippen LogP contribution is -1.95. The van der Waals surface area contributed by atoms with E-state index in [1.807, 2.05) is 48.6 Å². The second-order valence-electron chi connectivity index (χ2n) is 9.63. The van der Waals surface area contributed by atoms with Gasteiger partial charge >= 0.3 is 0 Å². The minimum Gasteiger partial charge on any atom is -0.496 e. The summed E-state index contributed by atoms with van der Waals surface area (Å²) in [6, 6.07) is 28.5. The fraction of sp³-hybridized carbons (Fsp3) is 0.0556. The lowest BCUT2D eigenvalue weighted by Gasteiger charge is -2.18. The molecule has 6 heteroatoms. The number of carbonyl (C=O) groups excluding carboxylic acids is 2. The van der Waals surface area contributed by atoms with Gasteiger partial charge in [-0.05, 0) is 93.4 Å². The number of rotatable bonds is 9. The van der Waals surface area contributed by atoms with E-state index in [2.05, 4.69) is 60.7 Å². The van der Waals surface area contributed by atoms with Crippen molar-refractivity contribution in [1.29, 1.82) is 0 Å². The first-order valence-electron chi connectivity index (χ1n) is 13.3. The third-order valence-corrected chi connectivity index (χ3v) is 9.06. The summed E-state index contributed by atoms with van der Waals surface area (Å²) < 4.78 is 11.8. The Hall–Kier alpha value is -4.78. The van der Waals surface area contributed by atoms with Gasteiger partial charge < -0.3 is 9.47 Å². The molecule has 0 amide bonds. The third kappa shape index (κ3) is 5.42. The fourth-order valence-corrected chi connectivity index (χ4v) is 6.58. The van der Waals surface area contributed by atoms with Gasteiger partial charge in [-0.2, -0.15) is 0 Å². The highest BCUT2D eigenvalue weighted by Gasteiger charge is 2.18. The van der Waals surface area contributed by atoms with Gasteiger partial charge in [0.2, 0.25) is 0 Å². The van der Waals surface area contributed by atoms with Crippen LogP contribution in [0.5, 0.6) is 11.5 Å². The molecule has 0 fully saturated rings. The van der Waals surface area contributed by atoms with E-state index >= 15 is 0 Å². The van der Waals surface area contributed by atoms with Crippen LogP contribution in [0.3, 0.4) is 0 Å². The van der Waals surface area contributed by atoms with Crippen molar-refractivity contribution in [2.75, 3.05) is 14.2 Å². The van der Waals surface area contributed by atoms with E-state index in [9.17, 15) is 9.59 Å². The number of ether oxygens (including phenoxy) is 2. The topological polar surface area (TPSA) is 52.6 Å². The van der Waals surface area contributed by atoms with Crippen LogP contribution in [0.25, 0.3) is 57.0 Å². The molecule has 2 aromatic heterocycles. The SMILES string of the molecule is COc1ccc2cc(/C=C/c3ccc(C=O)s3)ccc2c1-c1c(OC)ccc2cc(/C=C/c3ccc(C=O)s3)ccc12. The average Bonchev–Trinajstić information content (AvgIpc) is 3.71. The van der Waals surface area contributed by atoms with Crippen molar-refractivity contribution in [3.8, 4) is 22.6 Å². The summed E-state index contributed by atoms with van der Waals surface area (Å²) >= 11 is 2.94. The van der Waals surface area contributed by atoms with Crippen LogP contribution in [-0.2, 0) is 0 Å². The van der Waals surface area contributed by atoms with Crippen molar-refractivity contribution < 1.29 is 19.1 Å². The molecule has 0 saturated carbocycles. The smallest absolute Gasteiger partial charge is 0.160 e. The van der Waals surface area contributed by atoms with Crippen LogP contribution < -0.4 is 9.47 Å². The van der Waals surface area contributed by atoms with Gasteiger partial charge in [0.1, 0.15) is 11.5 Å². The molecular weight excluding hydrogens is 561 g/mol. The van der Waals surface area contributed by atoms with Crippen molar-refractivity contribution >= 4 is 81.1 Å². The molecule has 0 aliphatic rings. The highest BCUT2D eigenvalue weighted by molar-refractivity contribution is 7.14. The van der Waals surface area contributed by atoms with E-state index in [1.165, 1.54) is 22.7 Å². The summed E-state index contributed by atoms with van der Waals surface area (Å²) in [7, 11) is 3.38. The first kappa shape index (κ1) is 27.4. The van der Waals surface area contributed by atoms with Gasteiger partial charge in [-0.25, -0.2) is 0 Å². The van der Waals surface area contributed by atoms with Gasteiger partial charge in [0.05, 0.1) is 24.0 Å². The normalized spacial score (nSPS) is 11.6. The molecule has 0 aliphatic heterocycles. The molecule has 6 aromatic rings. The molecule has 0 spiro atoms. The zero-order valence-corrected chi connectivity index (χ0v) is 24.6. The lowest BCUT2D eigenvalue weighted by molar-refractivity contribution is 0.111. The van der Waals surface area contributed by atoms with Gasteiger partial charge in [0.15, 0.2) is 12.6 Å². The van der Waals surface area contributed by atoms with Crippen molar-refractivity contribution in [1.82, 2.24) is 0 Å². The van der Waals surface area contributed by atoms with Crippen LogP contribution in [-0.4, -0.2) is 26.8 Å². The number of benzene rings is 4. The number of fused-ring (bicyclic) bond motifs is 2. The molecule has 6 rings (SSSR count). The molecule has 0 radical (unpaired) electrons. The monoisotopic (exact) mass is 586 g/mol. The number of thiophene rings is 2. The molecule has 4 aromatic carbocycles. The molecule has 0 N–H and O–H groups in total. The minimum atomic E-state index is 0.716. The number of methoxy groups -OCH3 is 2. The van der Waals surface area contributed by atoms with Crippen molar-refractivity contribution in [3.05, 3.63) is 116 Å². The van der Waals surface area contributed by atoms with Gasteiger partial charge in [-0.15, -0.1) is 22.7 Å². The summed E-state index contributed by atoms with van der Waals surface area (Å²) in [6.45, 7) is 0. The number of aldehydes is 2. The van der Waals surface area contributed by atoms with Crippen LogP contribution in [0.15, 0.2) is 84.9 Å². The number of hydrogen-bond acceptors (Lipinski definition) is 6. The molecule has 42 heavy (non-hydrogen) atoms. The molecule has 2 heterocycles. The van der Waals surface area contributed by atoms with Crippen LogP contribution in [0, 0.1) is 0 Å². The summed E-state index contributed by atoms with van der Waals surface area (Å²) in [5.41, 5.74) is 4.08. The lowest BCUT2D eigenvalue weighted by atomic mass is 9.91. The predicted octanol–water partition coefficient (Wildman–Crippen LogP) is 9.77. The van der Waals surface area contributed by atoms with Gasteiger partial charge in [0, 0.05) is 20.9 Å². The van der Waals surface area contributed by atoms with Gasteiger partial charge in [-0.3, -0.25) is 9.59 Å². The summed E-state index contributed by atoms with van der Waals surface area (Å²) in [4.78, 5) is 25.6. The maximum absolute atomic E-state index is 11.0. The van der Waals surface area contributed by atoms with Gasteiger partial charge in [0.25, 0.3) is 0 Å². The number of hydrogen-bond donors (Lipinski definition) is 0. The largest absolute Gasteiger partial charge is 0.496 e. The Morgan fingerprint density at radius 1 is 0.500 bits per heavy atom. The maximum Gasteiger partial charge on any atom is 0.160 e. The standard InChI is InChI=1S/C36H26O4S2/c1-39-33-17-7-25-19-23(3-9-27-11-13-29(21-37)41-27)5-15-31(25)35(33)36-32-16-6-24(20-26(32)8-18-34(36)40-2)4-10-28-12-14-30(22-38)42-28/h3-22H,1-2H3/b9-3+,10-4+. The second kappa shape index (κ2) is 12.0. The summed E-state index contributed by atoms with van der Waals surface area (Å²) in [5, 5.41) is 4.28. The molecule has 0 aliphatic carbocycles. The van der Waals surface area contributed by atoms with Crippen LogP contribution in [0.2, 0.25) is 0 Å². The molecule has 206 valence electrons. The van der Waals surface area contributed by atoms with Crippen molar-refractivity contribution in [2.45, 2.75) is 0 Å². The predicted molar refractivity (Wildman–Crippen MR) is 177 cm³/mol. The van der Waals surface area contributed by atoms with Crippen LogP contribution in [0.4, 0.5) is 0 Å². The quantitative estimate of drug-likeness (QED) is 0.158. The molecule has 0 bridgehead atoms. The molecule has 0 saturated heterocycles. The van der Waals surface area contributed by atoms with E-state index in [4.69, 9.17) is 9.47 Å². The van der Waals surface area contributed by atoms with Crippen molar-refractivity contribution in [3.63, 3.8) is 0 Å². The Labute approximate surface area is 251 Å².